The van der Waals surface area contributed by atoms with E-state index in [1.165, 1.54) is 38.1 Å². The number of benzene rings is 2. The molecule has 22 heavy (non-hydrogen) atoms. The minimum absolute atomic E-state index is 0.0207. The summed E-state index contributed by atoms with van der Waals surface area (Å²) < 4.78 is 0. The molecule has 0 amide bonds. The highest BCUT2D eigenvalue weighted by atomic mass is 16.4. The lowest BCUT2D eigenvalue weighted by atomic mass is 9.89. The van der Waals surface area contributed by atoms with Gasteiger partial charge in [-0.2, -0.15) is 0 Å². The van der Waals surface area contributed by atoms with Crippen LogP contribution in [0.5, 0.6) is 0 Å². The van der Waals surface area contributed by atoms with Gasteiger partial charge in [0, 0.05) is 21.9 Å². The molecule has 0 fully saturated rings. The number of aromatic carboxylic acids is 2. The van der Waals surface area contributed by atoms with Crippen molar-refractivity contribution in [3.63, 3.8) is 0 Å². The van der Waals surface area contributed by atoms with E-state index in [4.69, 9.17) is 0 Å². The average Bonchev–Trinajstić information content (AvgIpc) is 2.43. The lowest BCUT2D eigenvalue weighted by Crippen LogP contribution is -2.09. The fourth-order valence-electron chi connectivity index (χ4n) is 2.44. The van der Waals surface area contributed by atoms with Gasteiger partial charge in [0.15, 0.2) is 11.6 Å². The van der Waals surface area contributed by atoms with Crippen LogP contribution >= 0.6 is 0 Å². The lowest BCUT2D eigenvalue weighted by Gasteiger charge is -2.13. The first kappa shape index (κ1) is 15.4. The smallest absolute Gasteiger partial charge is 0.336 e. The number of carbonyl (C=O) groups excluding carboxylic acids is 2. The van der Waals surface area contributed by atoms with Crippen molar-refractivity contribution in [3.8, 4) is 0 Å². The summed E-state index contributed by atoms with van der Waals surface area (Å²) in [5.41, 5.74) is -0.289. The van der Waals surface area contributed by atoms with Crippen LogP contribution in [0.4, 0.5) is 0 Å². The molecular weight excluding hydrogens is 288 g/mol. The molecule has 0 aromatic heterocycles. The van der Waals surface area contributed by atoms with E-state index in [0.29, 0.717) is 0 Å². The largest absolute Gasteiger partial charge is 0.478 e. The number of carboxylic acids is 2. The number of carboxylic acid groups (broad SMARTS) is 2. The molecule has 0 saturated heterocycles. The Morgan fingerprint density at radius 1 is 0.636 bits per heavy atom. The van der Waals surface area contributed by atoms with Crippen molar-refractivity contribution in [2.75, 3.05) is 0 Å². The quantitative estimate of drug-likeness (QED) is 0.840. The molecule has 0 radical (unpaired) electrons. The van der Waals surface area contributed by atoms with Gasteiger partial charge in [-0.05, 0) is 38.1 Å². The Balaban J connectivity index is 3.17. The molecule has 0 heterocycles. The fraction of sp³-hybridized carbons (Fsp3) is 0.125. The summed E-state index contributed by atoms with van der Waals surface area (Å²) in [6.45, 7) is 2.50. The van der Waals surface area contributed by atoms with E-state index in [2.05, 4.69) is 0 Å². The van der Waals surface area contributed by atoms with Crippen molar-refractivity contribution in [1.29, 1.82) is 0 Å². The van der Waals surface area contributed by atoms with E-state index < -0.39 is 23.5 Å². The molecule has 2 rings (SSSR count). The normalized spacial score (nSPS) is 10.5. The van der Waals surface area contributed by atoms with Gasteiger partial charge in [0.25, 0.3) is 0 Å². The molecule has 2 aromatic carbocycles. The third kappa shape index (κ3) is 2.35. The van der Waals surface area contributed by atoms with Gasteiger partial charge in [-0.25, -0.2) is 9.59 Å². The number of Topliss-reactive ketones (excluding diaryl/α,β-unsaturated/α-hetero) is 2. The lowest BCUT2D eigenvalue weighted by molar-refractivity contribution is 0.0686. The van der Waals surface area contributed by atoms with E-state index in [1.807, 2.05) is 0 Å². The maximum atomic E-state index is 11.8. The minimum Gasteiger partial charge on any atom is -0.478 e. The van der Waals surface area contributed by atoms with Gasteiger partial charge < -0.3 is 10.2 Å². The van der Waals surface area contributed by atoms with Crippen LogP contribution < -0.4 is 0 Å². The van der Waals surface area contributed by atoms with Crippen LogP contribution in [0.15, 0.2) is 24.3 Å². The zero-order chi connectivity index (χ0) is 16.6. The molecule has 0 spiro atoms. The molecule has 2 aromatic rings. The first-order valence-corrected chi connectivity index (χ1v) is 6.34. The van der Waals surface area contributed by atoms with Gasteiger partial charge in [-0.3, -0.25) is 9.59 Å². The number of hydrogen-bond acceptors (Lipinski definition) is 4. The van der Waals surface area contributed by atoms with Crippen molar-refractivity contribution in [3.05, 3.63) is 46.5 Å². The number of carbonyl (C=O) groups is 4. The van der Waals surface area contributed by atoms with Gasteiger partial charge in [0.2, 0.25) is 0 Å². The monoisotopic (exact) mass is 300 g/mol. The second-order valence-electron chi connectivity index (χ2n) is 4.79. The van der Waals surface area contributed by atoms with Crippen molar-refractivity contribution in [2.45, 2.75) is 13.8 Å². The van der Waals surface area contributed by atoms with Gasteiger partial charge in [0.1, 0.15) is 0 Å². The highest BCUT2D eigenvalue weighted by Crippen LogP contribution is 2.30. The van der Waals surface area contributed by atoms with Crippen molar-refractivity contribution in [1.82, 2.24) is 0 Å². The second kappa shape index (κ2) is 5.40. The highest BCUT2D eigenvalue weighted by Gasteiger charge is 2.23. The Morgan fingerprint density at radius 3 is 1.14 bits per heavy atom. The first-order valence-electron chi connectivity index (χ1n) is 6.34. The van der Waals surface area contributed by atoms with E-state index in [9.17, 15) is 29.4 Å². The summed E-state index contributed by atoms with van der Waals surface area (Å²) in [6.07, 6.45) is 0. The zero-order valence-corrected chi connectivity index (χ0v) is 11.8. The molecule has 112 valence electrons. The molecule has 2 N–H and O–H groups in total. The molecule has 0 saturated carbocycles. The molecular formula is C16H12O6. The van der Waals surface area contributed by atoms with Gasteiger partial charge in [-0.1, -0.05) is 0 Å². The average molecular weight is 300 g/mol. The summed E-state index contributed by atoms with van der Waals surface area (Å²) in [7, 11) is 0. The van der Waals surface area contributed by atoms with E-state index in [0.717, 1.165) is 0 Å². The minimum atomic E-state index is -1.30. The Kier molecular flexibility index (Phi) is 3.77. The topological polar surface area (TPSA) is 109 Å². The molecule has 0 aliphatic rings. The van der Waals surface area contributed by atoms with Crippen LogP contribution in [0.3, 0.4) is 0 Å². The van der Waals surface area contributed by atoms with E-state index in [-0.39, 0.29) is 33.0 Å². The Hall–Kier alpha value is -3.02. The Bertz CT molecular complexity index is 710. The fourth-order valence-corrected chi connectivity index (χ4v) is 2.44. The number of hydrogen-bond donors (Lipinski definition) is 2. The predicted molar refractivity (Wildman–Crippen MR) is 77.9 cm³/mol. The summed E-state index contributed by atoms with van der Waals surface area (Å²) in [5, 5.41) is 18.6. The summed E-state index contributed by atoms with van der Waals surface area (Å²) in [6, 6.07) is 4.95. The summed E-state index contributed by atoms with van der Waals surface area (Å²) in [5.74, 6) is -3.43. The van der Waals surface area contributed by atoms with Crippen LogP contribution in [-0.2, 0) is 0 Å². The van der Waals surface area contributed by atoms with Gasteiger partial charge >= 0.3 is 11.9 Å². The molecule has 0 atom stereocenters. The molecule has 6 nitrogen and oxygen atoms in total. The van der Waals surface area contributed by atoms with Crippen LogP contribution in [0.2, 0.25) is 0 Å². The van der Waals surface area contributed by atoms with Crippen LogP contribution in [0.1, 0.15) is 55.3 Å². The third-order valence-corrected chi connectivity index (χ3v) is 3.38. The van der Waals surface area contributed by atoms with Crippen molar-refractivity contribution >= 4 is 34.3 Å². The number of fused-ring (bicyclic) bond motifs is 1. The molecule has 0 bridgehead atoms. The van der Waals surface area contributed by atoms with Crippen LogP contribution in [0.25, 0.3) is 10.8 Å². The predicted octanol–water partition coefficient (Wildman–Crippen LogP) is 2.64. The Morgan fingerprint density at radius 2 is 0.909 bits per heavy atom. The molecule has 6 heteroatoms. The van der Waals surface area contributed by atoms with Gasteiger partial charge in [-0.15, -0.1) is 0 Å². The van der Waals surface area contributed by atoms with Crippen LogP contribution in [-0.4, -0.2) is 33.7 Å². The standard InChI is InChI=1S/C16H12O6/c1-7(17)9-3-5-12(16(21)22)14-10(8(2)18)4-6-11(13(9)14)15(19)20/h3-6H,1-2H3,(H,19,20)(H,21,22). The molecule has 0 aliphatic carbocycles. The van der Waals surface area contributed by atoms with E-state index in [1.54, 1.807) is 0 Å². The van der Waals surface area contributed by atoms with Crippen molar-refractivity contribution < 1.29 is 29.4 Å². The number of ketones is 2. The second-order valence-corrected chi connectivity index (χ2v) is 4.79. The van der Waals surface area contributed by atoms with Crippen molar-refractivity contribution in [2.24, 2.45) is 0 Å². The van der Waals surface area contributed by atoms with Gasteiger partial charge in [0.05, 0.1) is 11.1 Å². The molecule has 0 unspecified atom stereocenters. The maximum Gasteiger partial charge on any atom is 0.336 e. The third-order valence-electron chi connectivity index (χ3n) is 3.38. The Labute approximate surface area is 125 Å². The van der Waals surface area contributed by atoms with E-state index >= 15 is 0 Å². The summed E-state index contributed by atoms with van der Waals surface area (Å²) >= 11 is 0. The highest BCUT2D eigenvalue weighted by molar-refractivity contribution is 6.23. The van der Waals surface area contributed by atoms with Crippen LogP contribution in [0, 0.1) is 0 Å². The SMILES string of the molecule is CC(=O)c1ccc(C(=O)O)c2c(C(C)=O)ccc(C(=O)O)c12. The maximum absolute atomic E-state index is 11.8. The summed E-state index contributed by atoms with van der Waals surface area (Å²) in [4.78, 5) is 46.4. The molecule has 0 aliphatic heterocycles. The first-order chi connectivity index (χ1) is 10.3. The number of rotatable bonds is 4. The zero-order valence-electron chi connectivity index (χ0n) is 11.8.